The Morgan fingerprint density at radius 1 is 1.06 bits per heavy atom. The highest BCUT2D eigenvalue weighted by molar-refractivity contribution is 7.91. The molecule has 0 saturated heterocycles. The molecule has 0 unspecified atom stereocenters. The van der Waals surface area contributed by atoms with E-state index in [-0.39, 0.29) is 40.8 Å². The number of anilines is 2. The van der Waals surface area contributed by atoms with Crippen LogP contribution in [0.15, 0.2) is 41.3 Å². The number of nitrogens with one attached hydrogen (secondary N) is 1. The van der Waals surface area contributed by atoms with Gasteiger partial charge in [-0.15, -0.1) is 0 Å². The highest BCUT2D eigenvalue weighted by Gasteiger charge is 2.39. The fourth-order valence-electron chi connectivity index (χ4n) is 4.28. The number of hydrogen-bond donors (Lipinski definition) is 1. The highest BCUT2D eigenvalue weighted by Crippen LogP contribution is 2.39. The van der Waals surface area contributed by atoms with Crippen molar-refractivity contribution < 1.29 is 18.0 Å². The van der Waals surface area contributed by atoms with E-state index in [9.17, 15) is 18.0 Å². The van der Waals surface area contributed by atoms with Crippen LogP contribution < -0.4 is 10.2 Å². The molecule has 6 nitrogen and oxygen atoms in total. The van der Waals surface area contributed by atoms with E-state index >= 15 is 0 Å². The number of aryl methyl sites for hydroxylation is 2. The maximum absolute atomic E-state index is 12.9. The lowest BCUT2D eigenvalue weighted by atomic mass is 10.1. The van der Waals surface area contributed by atoms with Crippen molar-refractivity contribution in [2.24, 2.45) is 5.92 Å². The van der Waals surface area contributed by atoms with E-state index in [0.717, 1.165) is 35.2 Å². The molecular formula is C24H28N2O4S. The Labute approximate surface area is 183 Å². The van der Waals surface area contributed by atoms with Gasteiger partial charge in [0.05, 0.1) is 10.6 Å². The maximum atomic E-state index is 12.9. The standard InChI is InChI=1S/C24H28N2O4S/c1-15-10-16(2)12-20(11-15)25-23(27)8-9-31(29,30)21-6-7-22-19(14-21)13-17(3)26(22)24(28)18-4-5-18/h6-7,10-12,14,17-18H,4-5,8-9,13H2,1-3H3,(H,25,27)/t17-/m1/s1. The molecule has 2 aliphatic rings. The van der Waals surface area contributed by atoms with Crippen molar-refractivity contribution in [3.63, 3.8) is 0 Å². The number of amides is 2. The van der Waals surface area contributed by atoms with Crippen LogP contribution in [0.4, 0.5) is 11.4 Å². The molecule has 1 aliphatic heterocycles. The quantitative estimate of drug-likeness (QED) is 0.741. The van der Waals surface area contributed by atoms with Crippen molar-refractivity contribution >= 4 is 33.0 Å². The minimum absolute atomic E-state index is 0.0321. The lowest BCUT2D eigenvalue weighted by Gasteiger charge is -2.22. The van der Waals surface area contributed by atoms with E-state index in [1.54, 1.807) is 18.2 Å². The molecule has 1 atom stereocenters. The summed E-state index contributed by atoms with van der Waals surface area (Å²) in [5, 5.41) is 2.78. The van der Waals surface area contributed by atoms with E-state index < -0.39 is 9.84 Å². The Morgan fingerprint density at radius 3 is 2.39 bits per heavy atom. The zero-order valence-corrected chi connectivity index (χ0v) is 19.0. The largest absolute Gasteiger partial charge is 0.326 e. The molecule has 0 radical (unpaired) electrons. The summed E-state index contributed by atoms with van der Waals surface area (Å²) < 4.78 is 25.7. The Morgan fingerprint density at radius 2 is 1.74 bits per heavy atom. The topological polar surface area (TPSA) is 83.6 Å². The average Bonchev–Trinajstić information content (AvgIpc) is 3.47. The van der Waals surface area contributed by atoms with Gasteiger partial charge in [-0.25, -0.2) is 8.42 Å². The monoisotopic (exact) mass is 440 g/mol. The number of nitrogens with zero attached hydrogens (tertiary/aromatic N) is 1. The zero-order valence-electron chi connectivity index (χ0n) is 18.1. The van der Waals surface area contributed by atoms with Gasteiger partial charge in [0, 0.05) is 29.8 Å². The van der Waals surface area contributed by atoms with Crippen LogP contribution in [0.5, 0.6) is 0 Å². The number of hydrogen-bond acceptors (Lipinski definition) is 4. The lowest BCUT2D eigenvalue weighted by molar-refractivity contribution is -0.120. The van der Waals surface area contributed by atoms with Gasteiger partial charge < -0.3 is 10.2 Å². The van der Waals surface area contributed by atoms with Gasteiger partial charge in [-0.2, -0.15) is 0 Å². The van der Waals surface area contributed by atoms with Crippen molar-refractivity contribution in [2.45, 2.75) is 57.4 Å². The normalized spacial score (nSPS) is 18.0. The smallest absolute Gasteiger partial charge is 0.230 e. The third kappa shape index (κ3) is 4.66. The number of fused-ring (bicyclic) bond motifs is 1. The number of benzene rings is 2. The van der Waals surface area contributed by atoms with Gasteiger partial charge in [0.2, 0.25) is 11.8 Å². The first kappa shape index (κ1) is 21.6. The molecule has 31 heavy (non-hydrogen) atoms. The van der Waals surface area contributed by atoms with Crippen LogP contribution >= 0.6 is 0 Å². The number of rotatable bonds is 6. The SMILES string of the molecule is Cc1cc(C)cc(NC(=O)CCS(=O)(=O)c2ccc3c(c2)C[C@@H](C)N3C(=O)C2CC2)c1. The molecule has 0 aromatic heterocycles. The van der Waals surface area contributed by atoms with Gasteiger partial charge in [0.25, 0.3) is 0 Å². The zero-order chi connectivity index (χ0) is 22.3. The third-order valence-corrected chi connectivity index (χ3v) is 7.61. The second kappa shape index (κ2) is 8.11. The first-order valence-electron chi connectivity index (χ1n) is 10.7. The van der Waals surface area contributed by atoms with Gasteiger partial charge in [-0.05, 0) is 87.1 Å². The first-order valence-corrected chi connectivity index (χ1v) is 12.4. The minimum atomic E-state index is -3.61. The molecule has 1 aliphatic carbocycles. The molecule has 2 aromatic carbocycles. The highest BCUT2D eigenvalue weighted by atomic mass is 32.2. The van der Waals surface area contributed by atoms with E-state index in [1.807, 2.05) is 43.9 Å². The second-order valence-corrected chi connectivity index (χ2v) is 10.9. The van der Waals surface area contributed by atoms with E-state index in [4.69, 9.17) is 0 Å². The summed E-state index contributed by atoms with van der Waals surface area (Å²) >= 11 is 0. The molecule has 4 rings (SSSR count). The second-order valence-electron chi connectivity index (χ2n) is 8.82. The summed E-state index contributed by atoms with van der Waals surface area (Å²) in [6, 6.07) is 10.7. The predicted molar refractivity (Wildman–Crippen MR) is 121 cm³/mol. The molecule has 1 saturated carbocycles. The van der Waals surface area contributed by atoms with E-state index in [0.29, 0.717) is 12.1 Å². The third-order valence-electron chi connectivity index (χ3n) is 5.89. The average molecular weight is 441 g/mol. The van der Waals surface area contributed by atoms with E-state index in [1.165, 1.54) is 0 Å². The van der Waals surface area contributed by atoms with Gasteiger partial charge in [-0.3, -0.25) is 9.59 Å². The van der Waals surface area contributed by atoms with Gasteiger partial charge in [-0.1, -0.05) is 6.07 Å². The van der Waals surface area contributed by atoms with Crippen LogP contribution in [0.1, 0.15) is 42.9 Å². The molecule has 0 bridgehead atoms. The van der Waals surface area contributed by atoms with Crippen LogP contribution in [0, 0.1) is 19.8 Å². The van der Waals surface area contributed by atoms with Gasteiger partial charge >= 0.3 is 0 Å². The Balaban J connectivity index is 1.44. The lowest BCUT2D eigenvalue weighted by Crippen LogP contribution is -2.36. The molecule has 2 aromatic rings. The first-order chi connectivity index (χ1) is 14.6. The maximum Gasteiger partial charge on any atom is 0.230 e. The molecule has 1 fully saturated rings. The van der Waals surface area contributed by atoms with Crippen molar-refractivity contribution in [3.8, 4) is 0 Å². The molecule has 164 valence electrons. The van der Waals surface area contributed by atoms with Crippen LogP contribution in [0.25, 0.3) is 0 Å². The molecular weight excluding hydrogens is 412 g/mol. The molecule has 0 spiro atoms. The molecule has 2 amide bonds. The van der Waals surface area contributed by atoms with Crippen LogP contribution in [-0.4, -0.2) is 32.0 Å². The summed E-state index contributed by atoms with van der Waals surface area (Å²) in [6.07, 6.45) is 2.40. The number of sulfone groups is 1. The van der Waals surface area contributed by atoms with Crippen molar-refractivity contribution in [3.05, 3.63) is 53.1 Å². The Kier molecular flexibility index (Phi) is 5.64. The molecule has 7 heteroatoms. The van der Waals surface area contributed by atoms with Crippen LogP contribution in [0.3, 0.4) is 0 Å². The van der Waals surface area contributed by atoms with Crippen molar-refractivity contribution in [2.75, 3.05) is 16.0 Å². The summed E-state index contributed by atoms with van der Waals surface area (Å²) in [5.74, 6) is -0.329. The Bertz CT molecular complexity index is 1130. The van der Waals surface area contributed by atoms with E-state index in [2.05, 4.69) is 5.32 Å². The number of carbonyl (C=O) groups excluding carboxylic acids is 2. The number of carbonyl (C=O) groups is 2. The Hall–Kier alpha value is -2.67. The summed E-state index contributed by atoms with van der Waals surface area (Å²) in [7, 11) is -3.61. The fourth-order valence-corrected chi connectivity index (χ4v) is 5.57. The van der Waals surface area contributed by atoms with Crippen LogP contribution in [0.2, 0.25) is 0 Å². The van der Waals surface area contributed by atoms with Crippen LogP contribution in [-0.2, 0) is 25.8 Å². The van der Waals surface area contributed by atoms with Crippen molar-refractivity contribution in [1.82, 2.24) is 0 Å². The predicted octanol–water partition coefficient (Wildman–Crippen LogP) is 3.79. The molecule has 1 heterocycles. The summed E-state index contributed by atoms with van der Waals surface area (Å²) in [5.41, 5.74) is 4.43. The van der Waals surface area contributed by atoms with Gasteiger partial charge in [0.15, 0.2) is 9.84 Å². The minimum Gasteiger partial charge on any atom is -0.326 e. The molecule has 1 N–H and O–H groups in total. The fraction of sp³-hybridized carbons (Fsp3) is 0.417. The summed E-state index contributed by atoms with van der Waals surface area (Å²) in [4.78, 5) is 26.9. The summed E-state index contributed by atoms with van der Waals surface area (Å²) in [6.45, 7) is 5.88. The van der Waals surface area contributed by atoms with Gasteiger partial charge in [0.1, 0.15) is 0 Å². The van der Waals surface area contributed by atoms with Crippen molar-refractivity contribution in [1.29, 1.82) is 0 Å².